The molecule has 0 unspecified atom stereocenters. The third-order valence-electron chi connectivity index (χ3n) is 4.74. The summed E-state index contributed by atoms with van der Waals surface area (Å²) in [6.45, 7) is 5.18. The van der Waals surface area contributed by atoms with E-state index >= 15 is 0 Å². The van der Waals surface area contributed by atoms with Gasteiger partial charge >= 0.3 is 0 Å². The molecular weight excluding hydrogens is 292 g/mol. The van der Waals surface area contributed by atoms with Gasteiger partial charge in [0, 0.05) is 18.9 Å². The van der Waals surface area contributed by atoms with Crippen molar-refractivity contribution in [1.29, 1.82) is 0 Å². The highest BCUT2D eigenvalue weighted by Gasteiger charge is 2.40. The van der Waals surface area contributed by atoms with Crippen molar-refractivity contribution in [2.75, 3.05) is 26.4 Å². The van der Waals surface area contributed by atoms with E-state index in [1.807, 2.05) is 24.3 Å². The molecule has 4 heteroatoms. The summed E-state index contributed by atoms with van der Waals surface area (Å²) in [4.78, 5) is 0. The standard InChI is InChI=1S/C19H28O4/c1-2-3-11-20-17-5-4-6-18(14-17)21-15-16-7-9-19(10-8-16)22-12-13-23-19/h4-6,14,16H,2-3,7-13,15H2,1H3. The Hall–Kier alpha value is -1.26. The molecule has 0 N–H and O–H groups in total. The Balaban J connectivity index is 1.42. The van der Waals surface area contributed by atoms with Gasteiger partial charge in [0.15, 0.2) is 5.79 Å². The predicted molar refractivity (Wildman–Crippen MR) is 88.9 cm³/mol. The summed E-state index contributed by atoms with van der Waals surface area (Å²) in [5.41, 5.74) is 0. The molecule has 1 saturated carbocycles. The summed E-state index contributed by atoms with van der Waals surface area (Å²) >= 11 is 0. The van der Waals surface area contributed by atoms with Gasteiger partial charge in [0.05, 0.1) is 26.4 Å². The Kier molecular flexibility index (Phi) is 5.79. The predicted octanol–water partition coefficient (Wildman–Crippen LogP) is 4.18. The average Bonchev–Trinajstić information content (AvgIpc) is 3.03. The molecule has 1 aromatic carbocycles. The fourth-order valence-electron chi connectivity index (χ4n) is 3.27. The van der Waals surface area contributed by atoms with Crippen LogP contribution in [0.1, 0.15) is 45.4 Å². The topological polar surface area (TPSA) is 36.9 Å². The number of hydrogen-bond donors (Lipinski definition) is 0. The third kappa shape index (κ3) is 4.61. The van der Waals surface area contributed by atoms with Crippen LogP contribution >= 0.6 is 0 Å². The van der Waals surface area contributed by atoms with Crippen molar-refractivity contribution in [2.24, 2.45) is 5.92 Å². The first-order valence-corrected chi connectivity index (χ1v) is 8.93. The van der Waals surface area contributed by atoms with Gasteiger partial charge in [-0.15, -0.1) is 0 Å². The van der Waals surface area contributed by atoms with Gasteiger partial charge in [-0.3, -0.25) is 0 Å². The smallest absolute Gasteiger partial charge is 0.168 e. The van der Waals surface area contributed by atoms with Crippen LogP contribution in [0.25, 0.3) is 0 Å². The van der Waals surface area contributed by atoms with E-state index in [0.29, 0.717) is 5.92 Å². The van der Waals surface area contributed by atoms with Crippen LogP contribution < -0.4 is 9.47 Å². The van der Waals surface area contributed by atoms with Gasteiger partial charge in [-0.2, -0.15) is 0 Å². The molecule has 3 rings (SSSR count). The SMILES string of the molecule is CCCCOc1cccc(OCC2CCC3(CC2)OCCO3)c1. The molecule has 1 aliphatic heterocycles. The molecule has 1 spiro atoms. The van der Waals surface area contributed by atoms with Crippen molar-refractivity contribution in [3.05, 3.63) is 24.3 Å². The van der Waals surface area contributed by atoms with E-state index in [1.165, 1.54) is 0 Å². The maximum absolute atomic E-state index is 5.98. The molecule has 1 heterocycles. The molecule has 1 saturated heterocycles. The number of rotatable bonds is 7. The van der Waals surface area contributed by atoms with Crippen LogP contribution in [0.3, 0.4) is 0 Å². The van der Waals surface area contributed by atoms with Crippen LogP contribution in [0.2, 0.25) is 0 Å². The van der Waals surface area contributed by atoms with Gasteiger partial charge in [-0.05, 0) is 37.3 Å². The minimum atomic E-state index is -0.274. The zero-order valence-corrected chi connectivity index (χ0v) is 14.1. The largest absolute Gasteiger partial charge is 0.493 e. The quantitative estimate of drug-likeness (QED) is 0.706. The first kappa shape index (κ1) is 16.6. The minimum absolute atomic E-state index is 0.274. The molecule has 1 aliphatic carbocycles. The summed E-state index contributed by atoms with van der Waals surface area (Å²) in [7, 11) is 0. The van der Waals surface area contributed by atoms with Crippen molar-refractivity contribution in [2.45, 2.75) is 51.2 Å². The number of ether oxygens (including phenoxy) is 4. The molecule has 2 aliphatic rings. The lowest BCUT2D eigenvalue weighted by molar-refractivity contribution is -0.183. The summed E-state index contributed by atoms with van der Waals surface area (Å²) in [6, 6.07) is 7.97. The summed E-state index contributed by atoms with van der Waals surface area (Å²) in [5.74, 6) is 2.10. The lowest BCUT2D eigenvalue weighted by Gasteiger charge is -2.35. The molecule has 0 radical (unpaired) electrons. The Bertz CT molecular complexity index is 472. The zero-order valence-electron chi connectivity index (χ0n) is 14.1. The molecule has 1 aromatic rings. The highest BCUT2D eigenvalue weighted by Crippen LogP contribution is 2.38. The Morgan fingerprint density at radius 1 is 1.09 bits per heavy atom. The van der Waals surface area contributed by atoms with E-state index in [4.69, 9.17) is 18.9 Å². The Labute approximate surface area is 139 Å². The molecule has 0 atom stereocenters. The Morgan fingerprint density at radius 2 is 1.78 bits per heavy atom. The van der Waals surface area contributed by atoms with E-state index < -0.39 is 0 Å². The van der Waals surface area contributed by atoms with Gasteiger partial charge in [0.1, 0.15) is 11.5 Å². The number of benzene rings is 1. The summed E-state index contributed by atoms with van der Waals surface area (Å²) in [5, 5.41) is 0. The van der Waals surface area contributed by atoms with Crippen LogP contribution in [-0.4, -0.2) is 32.2 Å². The number of unbranched alkanes of at least 4 members (excludes halogenated alkanes) is 1. The van der Waals surface area contributed by atoms with E-state index in [2.05, 4.69) is 6.92 Å². The molecule has 0 aromatic heterocycles. The molecule has 0 bridgehead atoms. The van der Waals surface area contributed by atoms with E-state index in [9.17, 15) is 0 Å². The highest BCUT2D eigenvalue weighted by molar-refractivity contribution is 5.32. The zero-order chi connectivity index (χ0) is 16.0. The van der Waals surface area contributed by atoms with Gasteiger partial charge in [-0.1, -0.05) is 19.4 Å². The van der Waals surface area contributed by atoms with Crippen LogP contribution in [0, 0.1) is 5.92 Å². The second-order valence-corrected chi connectivity index (χ2v) is 6.54. The van der Waals surface area contributed by atoms with Crippen molar-refractivity contribution in [3.63, 3.8) is 0 Å². The van der Waals surface area contributed by atoms with E-state index in [1.54, 1.807) is 0 Å². The normalized spacial score (nSPS) is 20.7. The maximum Gasteiger partial charge on any atom is 0.168 e. The van der Waals surface area contributed by atoms with E-state index in [-0.39, 0.29) is 5.79 Å². The van der Waals surface area contributed by atoms with Crippen molar-refractivity contribution in [1.82, 2.24) is 0 Å². The van der Waals surface area contributed by atoms with Gasteiger partial charge in [0.2, 0.25) is 0 Å². The van der Waals surface area contributed by atoms with Crippen LogP contribution in [-0.2, 0) is 9.47 Å². The fourth-order valence-corrected chi connectivity index (χ4v) is 3.27. The highest BCUT2D eigenvalue weighted by atomic mass is 16.7. The lowest BCUT2D eigenvalue weighted by atomic mass is 9.85. The monoisotopic (exact) mass is 320 g/mol. The van der Waals surface area contributed by atoms with Crippen LogP contribution in [0.5, 0.6) is 11.5 Å². The fraction of sp³-hybridized carbons (Fsp3) is 0.684. The molecule has 23 heavy (non-hydrogen) atoms. The molecule has 0 amide bonds. The molecule has 128 valence electrons. The molecule has 4 nitrogen and oxygen atoms in total. The first-order valence-electron chi connectivity index (χ1n) is 8.93. The van der Waals surface area contributed by atoms with E-state index in [0.717, 1.165) is 76.5 Å². The van der Waals surface area contributed by atoms with Crippen molar-refractivity contribution >= 4 is 0 Å². The molecular formula is C19H28O4. The Morgan fingerprint density at radius 3 is 2.48 bits per heavy atom. The van der Waals surface area contributed by atoms with Gasteiger partial charge < -0.3 is 18.9 Å². The van der Waals surface area contributed by atoms with Crippen molar-refractivity contribution < 1.29 is 18.9 Å². The second-order valence-electron chi connectivity index (χ2n) is 6.54. The number of hydrogen-bond acceptors (Lipinski definition) is 4. The van der Waals surface area contributed by atoms with Crippen LogP contribution in [0.15, 0.2) is 24.3 Å². The molecule has 2 fully saturated rings. The first-order chi connectivity index (χ1) is 11.3. The lowest BCUT2D eigenvalue weighted by Crippen LogP contribution is -2.36. The van der Waals surface area contributed by atoms with Crippen LogP contribution in [0.4, 0.5) is 0 Å². The average molecular weight is 320 g/mol. The third-order valence-corrected chi connectivity index (χ3v) is 4.74. The van der Waals surface area contributed by atoms with Crippen molar-refractivity contribution in [3.8, 4) is 11.5 Å². The van der Waals surface area contributed by atoms with Gasteiger partial charge in [-0.25, -0.2) is 0 Å². The summed E-state index contributed by atoms with van der Waals surface area (Å²) < 4.78 is 23.3. The van der Waals surface area contributed by atoms with Gasteiger partial charge in [0.25, 0.3) is 0 Å². The second kappa shape index (κ2) is 8.02. The minimum Gasteiger partial charge on any atom is -0.493 e. The maximum atomic E-state index is 5.98. The summed E-state index contributed by atoms with van der Waals surface area (Å²) in [6.07, 6.45) is 6.41.